The summed E-state index contributed by atoms with van der Waals surface area (Å²) in [6.45, 7) is 7.26. The second-order valence-electron chi connectivity index (χ2n) is 9.31. The Morgan fingerprint density at radius 3 is 2.66 bits per heavy atom. The maximum atomic E-state index is 13.6. The number of carbonyl (C=O) groups excluding carboxylic acids is 2. The molecule has 1 atom stereocenters. The number of rotatable bonds is 10. The van der Waals surface area contributed by atoms with Crippen molar-refractivity contribution in [1.82, 2.24) is 4.98 Å². The fraction of sp³-hybridized carbons (Fsp3) is 0.276. The van der Waals surface area contributed by atoms with E-state index in [9.17, 15) is 14.7 Å². The van der Waals surface area contributed by atoms with Gasteiger partial charge in [0.25, 0.3) is 5.91 Å². The number of ketones is 1. The van der Waals surface area contributed by atoms with E-state index < -0.39 is 17.7 Å². The normalized spacial score (nSPS) is 15.6. The number of thiazole rings is 1. The minimum Gasteiger partial charge on any atom is -0.503 e. The highest BCUT2D eigenvalue weighted by Gasteiger charge is 2.46. The van der Waals surface area contributed by atoms with Crippen molar-refractivity contribution in [2.24, 2.45) is 5.92 Å². The lowest BCUT2D eigenvalue weighted by molar-refractivity contribution is -0.117. The Bertz CT molecular complexity index is 1510. The van der Waals surface area contributed by atoms with Crippen LogP contribution >= 0.6 is 22.7 Å². The minimum absolute atomic E-state index is 0.0334. The standard InChI is InChI=1S/C29H28N2O5S2/c1-4-35-20-10-11-21-23(16-20)38-29(30-21)31-25(18-7-5-8-19(15-18)36-13-12-17(2)3)24(27(33)28(31)34)26(32)22-9-6-14-37-22/h5-11,14-17,25,33H,4,12-13H2,1-3H3. The third-order valence-corrected chi connectivity index (χ3v) is 8.09. The number of ether oxygens (including phenoxy) is 2. The van der Waals surface area contributed by atoms with Gasteiger partial charge in [0, 0.05) is 0 Å². The molecule has 5 rings (SSSR count). The summed E-state index contributed by atoms with van der Waals surface area (Å²) >= 11 is 2.57. The minimum atomic E-state index is -0.863. The molecule has 4 aromatic rings. The van der Waals surface area contributed by atoms with Crippen LogP contribution in [0.4, 0.5) is 5.13 Å². The number of hydrogen-bond acceptors (Lipinski definition) is 8. The van der Waals surface area contributed by atoms with Gasteiger partial charge in [0.15, 0.2) is 10.9 Å². The predicted octanol–water partition coefficient (Wildman–Crippen LogP) is 6.96. The monoisotopic (exact) mass is 548 g/mol. The van der Waals surface area contributed by atoms with Gasteiger partial charge in [-0.3, -0.25) is 14.5 Å². The summed E-state index contributed by atoms with van der Waals surface area (Å²) in [7, 11) is 0. The fourth-order valence-corrected chi connectivity index (χ4v) is 6.03. The number of amides is 1. The van der Waals surface area contributed by atoms with E-state index in [1.807, 2.05) is 49.4 Å². The average Bonchev–Trinajstić information content (AvgIpc) is 3.63. The summed E-state index contributed by atoms with van der Waals surface area (Å²) in [5.41, 5.74) is 1.38. The number of benzene rings is 2. The van der Waals surface area contributed by atoms with Gasteiger partial charge in [0.2, 0.25) is 5.78 Å². The quantitative estimate of drug-likeness (QED) is 0.215. The molecule has 1 N–H and O–H groups in total. The third kappa shape index (κ3) is 5.04. The fourth-order valence-electron chi connectivity index (χ4n) is 4.33. The molecule has 0 saturated carbocycles. The van der Waals surface area contributed by atoms with Crippen molar-refractivity contribution in [2.45, 2.75) is 33.2 Å². The van der Waals surface area contributed by atoms with Crippen LogP contribution in [0, 0.1) is 5.92 Å². The molecule has 0 spiro atoms. The highest BCUT2D eigenvalue weighted by atomic mass is 32.1. The van der Waals surface area contributed by atoms with Crippen LogP contribution in [0.3, 0.4) is 0 Å². The van der Waals surface area contributed by atoms with Gasteiger partial charge < -0.3 is 14.6 Å². The Morgan fingerprint density at radius 2 is 1.92 bits per heavy atom. The van der Waals surface area contributed by atoms with Gasteiger partial charge in [-0.1, -0.05) is 43.4 Å². The molecule has 1 aliphatic rings. The maximum Gasteiger partial charge on any atom is 0.296 e. The molecular formula is C29H28N2O5S2. The lowest BCUT2D eigenvalue weighted by Gasteiger charge is -2.24. The molecule has 1 unspecified atom stereocenters. The van der Waals surface area contributed by atoms with Crippen molar-refractivity contribution in [3.63, 3.8) is 0 Å². The number of Topliss-reactive ketones (excluding diaryl/α,β-unsaturated/α-hetero) is 1. The highest BCUT2D eigenvalue weighted by molar-refractivity contribution is 7.22. The zero-order valence-corrected chi connectivity index (χ0v) is 23.0. The summed E-state index contributed by atoms with van der Waals surface area (Å²) in [5.74, 6) is 0.234. The van der Waals surface area contributed by atoms with E-state index in [-0.39, 0.29) is 11.4 Å². The van der Waals surface area contributed by atoms with Crippen LogP contribution in [-0.4, -0.2) is 35.0 Å². The van der Waals surface area contributed by atoms with Gasteiger partial charge in [0.1, 0.15) is 11.5 Å². The molecule has 7 nitrogen and oxygen atoms in total. The van der Waals surface area contributed by atoms with Gasteiger partial charge in [-0.15, -0.1) is 11.3 Å². The number of anilines is 1. The molecule has 0 saturated heterocycles. The summed E-state index contributed by atoms with van der Waals surface area (Å²) in [6.07, 6.45) is 0.899. The summed E-state index contributed by atoms with van der Waals surface area (Å²) in [4.78, 5) is 33.7. The summed E-state index contributed by atoms with van der Waals surface area (Å²) in [5, 5.41) is 13.2. The van der Waals surface area contributed by atoms with Crippen LogP contribution in [-0.2, 0) is 4.79 Å². The molecule has 0 radical (unpaired) electrons. The zero-order valence-electron chi connectivity index (χ0n) is 21.3. The van der Waals surface area contributed by atoms with Crippen LogP contribution < -0.4 is 14.4 Å². The van der Waals surface area contributed by atoms with E-state index in [4.69, 9.17) is 14.5 Å². The molecular weight excluding hydrogens is 520 g/mol. The average molecular weight is 549 g/mol. The number of aromatic nitrogens is 1. The van der Waals surface area contributed by atoms with Crippen LogP contribution in [0.5, 0.6) is 11.5 Å². The molecule has 38 heavy (non-hydrogen) atoms. The Balaban J connectivity index is 1.59. The molecule has 0 fully saturated rings. The number of carbonyl (C=O) groups is 2. The van der Waals surface area contributed by atoms with Crippen LogP contribution in [0.15, 0.2) is 71.3 Å². The molecule has 196 valence electrons. The smallest absolute Gasteiger partial charge is 0.296 e. The Labute approximate surface area is 229 Å². The lowest BCUT2D eigenvalue weighted by Crippen LogP contribution is -2.30. The number of fused-ring (bicyclic) bond motifs is 1. The highest BCUT2D eigenvalue weighted by Crippen LogP contribution is 2.45. The molecule has 0 bridgehead atoms. The number of aliphatic hydroxyl groups is 1. The van der Waals surface area contributed by atoms with Gasteiger partial charge in [-0.2, -0.15) is 0 Å². The predicted molar refractivity (Wildman–Crippen MR) is 151 cm³/mol. The van der Waals surface area contributed by atoms with Crippen molar-refractivity contribution < 1.29 is 24.2 Å². The van der Waals surface area contributed by atoms with Gasteiger partial charge in [-0.05, 0) is 66.6 Å². The molecule has 1 amide bonds. The van der Waals surface area contributed by atoms with Crippen molar-refractivity contribution in [3.05, 3.63) is 81.8 Å². The third-order valence-electron chi connectivity index (χ3n) is 6.20. The van der Waals surface area contributed by atoms with Crippen molar-refractivity contribution >= 4 is 49.7 Å². The number of hydrogen-bond donors (Lipinski definition) is 1. The maximum absolute atomic E-state index is 13.6. The Hall–Kier alpha value is -3.69. The first-order chi connectivity index (χ1) is 18.4. The van der Waals surface area contributed by atoms with E-state index in [1.54, 1.807) is 17.5 Å². The largest absolute Gasteiger partial charge is 0.503 e. The number of thiophene rings is 1. The Kier molecular flexibility index (Phi) is 7.49. The van der Waals surface area contributed by atoms with Crippen LogP contribution in [0.25, 0.3) is 10.2 Å². The SMILES string of the molecule is CCOc1ccc2nc(N3C(=O)C(O)=C(C(=O)c4cccs4)C3c3cccc(OCCC(C)C)c3)sc2c1. The molecule has 9 heteroatoms. The van der Waals surface area contributed by atoms with Crippen molar-refractivity contribution in [2.75, 3.05) is 18.1 Å². The van der Waals surface area contributed by atoms with E-state index >= 15 is 0 Å². The van der Waals surface area contributed by atoms with Crippen LogP contribution in [0.2, 0.25) is 0 Å². The Morgan fingerprint density at radius 1 is 1.11 bits per heavy atom. The van der Waals surface area contributed by atoms with Crippen LogP contribution in [0.1, 0.15) is 48.5 Å². The van der Waals surface area contributed by atoms with E-state index in [1.165, 1.54) is 27.6 Å². The first kappa shape index (κ1) is 25.9. The summed E-state index contributed by atoms with van der Waals surface area (Å²) < 4.78 is 12.4. The number of aliphatic hydroxyl groups excluding tert-OH is 1. The number of nitrogens with zero attached hydrogens (tertiary/aromatic N) is 2. The van der Waals surface area contributed by atoms with E-state index in [0.717, 1.165) is 11.1 Å². The summed E-state index contributed by atoms with van der Waals surface area (Å²) in [6, 6.07) is 15.5. The first-order valence-corrected chi connectivity index (χ1v) is 14.2. The van der Waals surface area contributed by atoms with Gasteiger partial charge in [0.05, 0.1) is 39.9 Å². The molecule has 2 aromatic carbocycles. The van der Waals surface area contributed by atoms with Gasteiger partial charge in [-0.25, -0.2) is 4.98 Å². The molecule has 1 aliphatic heterocycles. The molecule has 3 heterocycles. The lowest BCUT2D eigenvalue weighted by atomic mass is 9.95. The van der Waals surface area contributed by atoms with Crippen molar-refractivity contribution in [3.8, 4) is 11.5 Å². The second kappa shape index (κ2) is 11.0. The molecule has 2 aromatic heterocycles. The van der Waals surface area contributed by atoms with E-state index in [2.05, 4.69) is 13.8 Å². The second-order valence-corrected chi connectivity index (χ2v) is 11.3. The zero-order chi connectivity index (χ0) is 26.8. The van der Waals surface area contributed by atoms with Gasteiger partial charge >= 0.3 is 0 Å². The topological polar surface area (TPSA) is 89.0 Å². The molecule has 0 aliphatic carbocycles. The van der Waals surface area contributed by atoms with Crippen molar-refractivity contribution in [1.29, 1.82) is 0 Å². The van der Waals surface area contributed by atoms with E-state index in [0.29, 0.717) is 51.7 Å². The first-order valence-electron chi connectivity index (χ1n) is 12.5.